The molecule has 0 saturated carbocycles. The maximum absolute atomic E-state index is 12.5. The molecule has 2 fully saturated rings. The van der Waals surface area contributed by atoms with Gasteiger partial charge in [0.15, 0.2) is 0 Å². The maximum Gasteiger partial charge on any atom is 0.262 e. The van der Waals surface area contributed by atoms with Crippen molar-refractivity contribution in [3.63, 3.8) is 0 Å². The lowest BCUT2D eigenvalue weighted by Gasteiger charge is -2.27. The number of aromatic amines is 1. The number of pyridine rings is 2. The average molecular weight is 423 g/mol. The van der Waals surface area contributed by atoms with Gasteiger partial charge in [-0.15, -0.1) is 0 Å². The third-order valence-corrected chi connectivity index (χ3v) is 5.52. The van der Waals surface area contributed by atoms with E-state index in [0.717, 1.165) is 50.5 Å². The predicted octanol–water partition coefficient (Wildman–Crippen LogP) is 1.42. The molecule has 0 spiro atoms. The summed E-state index contributed by atoms with van der Waals surface area (Å²) in [5.74, 6) is 1.75. The van der Waals surface area contributed by atoms with Crippen molar-refractivity contribution in [3.05, 3.63) is 41.1 Å². The van der Waals surface area contributed by atoms with Crippen molar-refractivity contribution in [1.82, 2.24) is 25.3 Å². The van der Waals surface area contributed by atoms with Crippen molar-refractivity contribution in [1.29, 1.82) is 0 Å². The molecule has 31 heavy (non-hydrogen) atoms. The Bertz CT molecular complexity index is 1090. The number of fused-ring (bicyclic) bond motifs is 1. The van der Waals surface area contributed by atoms with Crippen molar-refractivity contribution in [2.75, 3.05) is 49.6 Å². The predicted molar refractivity (Wildman–Crippen MR) is 117 cm³/mol. The van der Waals surface area contributed by atoms with Gasteiger partial charge in [-0.25, -0.2) is 9.97 Å². The minimum atomic E-state index is -0.258. The van der Waals surface area contributed by atoms with Gasteiger partial charge in [0.1, 0.15) is 23.1 Å². The molecule has 0 radical (unpaired) electrons. The van der Waals surface area contributed by atoms with E-state index in [0.29, 0.717) is 35.8 Å². The smallest absolute Gasteiger partial charge is 0.262 e. The minimum absolute atomic E-state index is 0.0931. The first-order valence-electron chi connectivity index (χ1n) is 10.6. The van der Waals surface area contributed by atoms with Gasteiger partial charge in [-0.05, 0) is 38.1 Å². The molecule has 5 heterocycles. The van der Waals surface area contributed by atoms with Gasteiger partial charge in [-0.2, -0.15) is 4.98 Å². The first-order chi connectivity index (χ1) is 15.3. The number of H-pyrrole nitrogens is 1. The highest BCUT2D eigenvalue weighted by atomic mass is 16.5. The topological polar surface area (TPSA) is 117 Å². The Hall–Kier alpha value is -3.24. The fraction of sp³-hybridized carbons (Fsp3) is 0.429. The van der Waals surface area contributed by atoms with E-state index in [9.17, 15) is 4.79 Å². The van der Waals surface area contributed by atoms with E-state index in [1.807, 2.05) is 12.1 Å². The van der Waals surface area contributed by atoms with Crippen LogP contribution in [0.3, 0.4) is 0 Å². The Morgan fingerprint density at radius 2 is 2.00 bits per heavy atom. The molecule has 162 valence electrons. The van der Waals surface area contributed by atoms with Crippen LogP contribution in [0.1, 0.15) is 12.8 Å². The Morgan fingerprint density at radius 1 is 1.16 bits per heavy atom. The van der Waals surface area contributed by atoms with Crippen LogP contribution in [-0.4, -0.2) is 65.4 Å². The molecular weight excluding hydrogens is 398 g/mol. The lowest BCUT2D eigenvalue weighted by Crippen LogP contribution is -2.36. The Kier molecular flexibility index (Phi) is 5.63. The van der Waals surface area contributed by atoms with Crippen LogP contribution in [-0.2, 0) is 4.74 Å². The molecule has 0 bridgehead atoms. The molecule has 2 aliphatic heterocycles. The Balaban J connectivity index is 1.42. The molecule has 0 unspecified atom stereocenters. The van der Waals surface area contributed by atoms with Crippen LogP contribution in [0.15, 0.2) is 35.5 Å². The minimum Gasteiger partial charge on any atom is -0.474 e. The summed E-state index contributed by atoms with van der Waals surface area (Å²) in [6.07, 6.45) is 5.05. The quantitative estimate of drug-likeness (QED) is 0.560. The van der Waals surface area contributed by atoms with Crippen molar-refractivity contribution in [2.24, 2.45) is 0 Å². The summed E-state index contributed by atoms with van der Waals surface area (Å²) in [4.78, 5) is 30.8. The van der Waals surface area contributed by atoms with E-state index in [1.54, 1.807) is 12.3 Å². The fourth-order valence-corrected chi connectivity index (χ4v) is 3.88. The van der Waals surface area contributed by atoms with Crippen LogP contribution in [0.4, 0.5) is 17.3 Å². The molecule has 3 N–H and O–H groups in total. The summed E-state index contributed by atoms with van der Waals surface area (Å²) >= 11 is 0. The van der Waals surface area contributed by atoms with Gasteiger partial charge < -0.3 is 30.0 Å². The lowest BCUT2D eigenvalue weighted by molar-refractivity contribution is 0.122. The molecule has 0 atom stereocenters. The molecular formula is C21H25N7O3. The zero-order valence-corrected chi connectivity index (χ0v) is 17.1. The highest BCUT2D eigenvalue weighted by molar-refractivity contribution is 5.90. The van der Waals surface area contributed by atoms with Crippen LogP contribution >= 0.6 is 0 Å². The van der Waals surface area contributed by atoms with E-state index in [-0.39, 0.29) is 11.7 Å². The van der Waals surface area contributed by atoms with Crippen molar-refractivity contribution in [2.45, 2.75) is 18.9 Å². The average Bonchev–Trinajstić information content (AvgIpc) is 2.81. The van der Waals surface area contributed by atoms with Crippen molar-refractivity contribution in [3.8, 4) is 5.88 Å². The zero-order chi connectivity index (χ0) is 21.0. The monoisotopic (exact) mass is 423 g/mol. The summed E-state index contributed by atoms with van der Waals surface area (Å²) in [5, 5.41) is 6.93. The molecule has 10 heteroatoms. The fourth-order valence-electron chi connectivity index (χ4n) is 3.88. The molecule has 0 aliphatic carbocycles. The van der Waals surface area contributed by atoms with E-state index >= 15 is 0 Å². The number of ether oxygens (including phenoxy) is 2. The normalized spacial score (nSPS) is 17.6. The van der Waals surface area contributed by atoms with Gasteiger partial charge in [0.2, 0.25) is 5.88 Å². The summed E-state index contributed by atoms with van der Waals surface area (Å²) in [6, 6.07) is 5.60. The second-order valence-electron chi connectivity index (χ2n) is 7.63. The maximum atomic E-state index is 12.5. The third-order valence-electron chi connectivity index (χ3n) is 5.52. The van der Waals surface area contributed by atoms with Crippen molar-refractivity contribution < 1.29 is 9.47 Å². The highest BCUT2D eigenvalue weighted by Gasteiger charge is 2.18. The lowest BCUT2D eigenvalue weighted by atomic mass is 10.1. The van der Waals surface area contributed by atoms with Crippen LogP contribution in [0, 0.1) is 0 Å². The van der Waals surface area contributed by atoms with E-state index < -0.39 is 0 Å². The van der Waals surface area contributed by atoms with Crippen LogP contribution < -0.4 is 25.8 Å². The number of nitrogens with zero attached hydrogens (tertiary/aromatic N) is 4. The number of rotatable bonds is 5. The van der Waals surface area contributed by atoms with Crippen LogP contribution in [0.5, 0.6) is 5.88 Å². The standard InChI is InChI=1S/C21H25N7O3/c29-21-19-16(24-13-25-21)11-18(31-15-3-5-22-6-4-15)27-20(19)26-14-1-2-17(23-12-14)28-7-9-30-10-8-28/h1-2,11-13,15,22H,3-10H2,(H,26,27)(H,24,25,29). The number of nitrogens with one attached hydrogen (secondary N) is 3. The molecule has 3 aromatic heterocycles. The number of hydrogen-bond donors (Lipinski definition) is 3. The van der Waals surface area contributed by atoms with Gasteiger partial charge in [0.05, 0.1) is 36.9 Å². The largest absolute Gasteiger partial charge is 0.474 e. The van der Waals surface area contributed by atoms with Crippen LogP contribution in [0.25, 0.3) is 10.9 Å². The van der Waals surface area contributed by atoms with Gasteiger partial charge in [-0.3, -0.25) is 4.79 Å². The molecule has 3 aromatic rings. The number of anilines is 3. The van der Waals surface area contributed by atoms with Crippen LogP contribution in [0.2, 0.25) is 0 Å². The van der Waals surface area contributed by atoms with E-state index in [2.05, 4.69) is 35.5 Å². The number of aromatic nitrogens is 4. The summed E-state index contributed by atoms with van der Waals surface area (Å²) in [5.41, 5.74) is 1.00. The molecule has 0 amide bonds. The first kappa shape index (κ1) is 19.7. The number of piperidine rings is 1. The van der Waals surface area contributed by atoms with E-state index in [4.69, 9.17) is 9.47 Å². The Labute approximate surface area is 179 Å². The third kappa shape index (κ3) is 4.44. The van der Waals surface area contributed by atoms with Gasteiger partial charge in [0.25, 0.3) is 5.56 Å². The summed E-state index contributed by atoms with van der Waals surface area (Å²) < 4.78 is 11.5. The first-order valence-corrected chi connectivity index (χ1v) is 10.6. The van der Waals surface area contributed by atoms with Gasteiger partial charge in [-0.1, -0.05) is 0 Å². The number of hydrogen-bond acceptors (Lipinski definition) is 9. The summed E-state index contributed by atoms with van der Waals surface area (Å²) in [6.45, 7) is 4.89. The Morgan fingerprint density at radius 3 is 2.77 bits per heavy atom. The van der Waals surface area contributed by atoms with Crippen molar-refractivity contribution >= 4 is 28.2 Å². The molecule has 5 rings (SSSR count). The highest BCUT2D eigenvalue weighted by Crippen LogP contribution is 2.26. The molecule has 10 nitrogen and oxygen atoms in total. The number of morpholine rings is 1. The second kappa shape index (κ2) is 8.86. The van der Waals surface area contributed by atoms with Gasteiger partial charge in [0, 0.05) is 19.2 Å². The summed E-state index contributed by atoms with van der Waals surface area (Å²) in [7, 11) is 0. The SMILES string of the molecule is O=c1[nH]cnc2cc(OC3CCNCC3)nc(Nc3ccc(N4CCOCC4)nc3)c12. The molecule has 0 aromatic carbocycles. The second-order valence-corrected chi connectivity index (χ2v) is 7.63. The van der Waals surface area contributed by atoms with E-state index in [1.165, 1.54) is 6.33 Å². The zero-order valence-electron chi connectivity index (χ0n) is 17.1. The molecule has 2 aliphatic rings. The molecule has 2 saturated heterocycles. The van der Waals surface area contributed by atoms with Gasteiger partial charge >= 0.3 is 0 Å².